The van der Waals surface area contributed by atoms with Crippen LogP contribution in [-0.2, 0) is 16.0 Å². The van der Waals surface area contributed by atoms with Gasteiger partial charge >= 0.3 is 5.97 Å². The quantitative estimate of drug-likeness (QED) is 0.781. The van der Waals surface area contributed by atoms with E-state index in [1.807, 2.05) is 24.7 Å². The van der Waals surface area contributed by atoms with Crippen LogP contribution in [0.1, 0.15) is 45.2 Å². The van der Waals surface area contributed by atoms with Crippen LogP contribution >= 0.6 is 0 Å². The lowest BCUT2D eigenvalue weighted by molar-refractivity contribution is -0.137. The molecule has 106 valence electrons. The molecule has 19 heavy (non-hydrogen) atoms. The van der Waals surface area contributed by atoms with E-state index in [4.69, 9.17) is 5.11 Å². The Morgan fingerprint density at radius 1 is 1.47 bits per heavy atom. The predicted molar refractivity (Wildman–Crippen MR) is 70.8 cm³/mol. The van der Waals surface area contributed by atoms with Crippen molar-refractivity contribution in [2.75, 3.05) is 0 Å². The van der Waals surface area contributed by atoms with Gasteiger partial charge in [-0.25, -0.2) is 0 Å². The van der Waals surface area contributed by atoms with Crippen LogP contribution in [0.2, 0.25) is 0 Å². The molecule has 0 bridgehead atoms. The van der Waals surface area contributed by atoms with Gasteiger partial charge in [-0.15, -0.1) is 0 Å². The van der Waals surface area contributed by atoms with E-state index in [2.05, 4.69) is 10.4 Å². The van der Waals surface area contributed by atoms with E-state index in [-0.39, 0.29) is 24.4 Å². The number of nitrogens with zero attached hydrogens (tertiary/aromatic N) is 2. The summed E-state index contributed by atoms with van der Waals surface area (Å²) in [6.07, 6.45) is 4.75. The number of carbonyl (C=O) groups excluding carboxylic acids is 1. The third kappa shape index (κ3) is 5.54. The summed E-state index contributed by atoms with van der Waals surface area (Å²) in [7, 11) is 0. The Labute approximate surface area is 112 Å². The Kier molecular flexibility index (Phi) is 5.54. The molecule has 0 radical (unpaired) electrons. The minimum atomic E-state index is -0.853. The Balaban J connectivity index is 2.63. The molecule has 1 unspecified atom stereocenters. The molecule has 0 spiro atoms. The summed E-state index contributed by atoms with van der Waals surface area (Å²) in [5.41, 5.74) is 0.998. The van der Waals surface area contributed by atoms with Crippen molar-refractivity contribution in [1.82, 2.24) is 15.1 Å². The summed E-state index contributed by atoms with van der Waals surface area (Å²) < 4.78 is 1.84. The van der Waals surface area contributed by atoms with Crippen molar-refractivity contribution < 1.29 is 14.7 Å². The van der Waals surface area contributed by atoms with Gasteiger partial charge in [0.25, 0.3) is 0 Å². The first-order chi connectivity index (χ1) is 8.88. The summed E-state index contributed by atoms with van der Waals surface area (Å²) in [5.74, 6) is -1.00. The zero-order valence-corrected chi connectivity index (χ0v) is 11.6. The molecule has 0 aromatic carbocycles. The van der Waals surface area contributed by atoms with Crippen LogP contribution in [0.15, 0.2) is 12.4 Å². The summed E-state index contributed by atoms with van der Waals surface area (Å²) >= 11 is 0. The molecule has 0 fully saturated rings. The lowest BCUT2D eigenvalue weighted by Gasteiger charge is -2.16. The van der Waals surface area contributed by atoms with Crippen molar-refractivity contribution in [3.05, 3.63) is 18.0 Å². The number of carbonyl (C=O) groups is 2. The van der Waals surface area contributed by atoms with Gasteiger partial charge in [-0.3, -0.25) is 14.3 Å². The molecule has 1 aromatic heterocycles. The van der Waals surface area contributed by atoms with E-state index in [1.54, 1.807) is 6.20 Å². The van der Waals surface area contributed by atoms with Crippen molar-refractivity contribution in [2.45, 2.75) is 52.1 Å². The number of rotatable bonds is 7. The molecule has 6 heteroatoms. The van der Waals surface area contributed by atoms with Crippen LogP contribution in [0.3, 0.4) is 0 Å². The van der Waals surface area contributed by atoms with Crippen LogP contribution in [0.25, 0.3) is 0 Å². The second-order valence-corrected chi connectivity index (χ2v) is 4.96. The van der Waals surface area contributed by atoms with Crippen LogP contribution < -0.4 is 5.32 Å². The molecular formula is C13H21N3O3. The third-order valence-corrected chi connectivity index (χ3v) is 2.78. The molecule has 0 saturated carbocycles. The number of hydrogen-bond acceptors (Lipinski definition) is 3. The number of nitrogens with one attached hydrogen (secondary N) is 1. The number of aromatic nitrogens is 2. The molecule has 0 aliphatic heterocycles. The van der Waals surface area contributed by atoms with Gasteiger partial charge in [0.2, 0.25) is 5.91 Å². The molecule has 2 N–H and O–H groups in total. The van der Waals surface area contributed by atoms with Gasteiger partial charge in [0.05, 0.1) is 6.20 Å². The molecule has 1 aromatic rings. The molecule has 0 aliphatic carbocycles. The maximum atomic E-state index is 11.1. The molecular weight excluding hydrogens is 246 g/mol. The van der Waals surface area contributed by atoms with Crippen molar-refractivity contribution in [1.29, 1.82) is 0 Å². The van der Waals surface area contributed by atoms with Gasteiger partial charge in [0.15, 0.2) is 0 Å². The van der Waals surface area contributed by atoms with Gasteiger partial charge < -0.3 is 10.4 Å². The highest BCUT2D eigenvalue weighted by atomic mass is 16.4. The van der Waals surface area contributed by atoms with Crippen molar-refractivity contribution in [3.63, 3.8) is 0 Å². The molecule has 0 saturated heterocycles. The lowest BCUT2D eigenvalue weighted by atomic mass is 10.0. The van der Waals surface area contributed by atoms with Crippen molar-refractivity contribution in [2.24, 2.45) is 0 Å². The van der Waals surface area contributed by atoms with Crippen molar-refractivity contribution in [3.8, 4) is 0 Å². The van der Waals surface area contributed by atoms with E-state index in [1.165, 1.54) is 6.92 Å². The minimum absolute atomic E-state index is 0.0449. The van der Waals surface area contributed by atoms with Crippen LogP contribution in [0.5, 0.6) is 0 Å². The standard InChI is InChI=1S/C13H21N3O3/c1-9(2)16-8-11(7-14-16)6-12(15-10(3)17)4-5-13(18)19/h7-9,12H,4-6H2,1-3H3,(H,15,17)(H,18,19). The van der Waals surface area contributed by atoms with E-state index in [0.717, 1.165) is 5.56 Å². The minimum Gasteiger partial charge on any atom is -0.481 e. The van der Waals surface area contributed by atoms with Crippen LogP contribution in [0, 0.1) is 0 Å². The number of carboxylic acids is 1. The van der Waals surface area contributed by atoms with E-state index >= 15 is 0 Å². The summed E-state index contributed by atoms with van der Waals surface area (Å²) in [6, 6.07) is 0.116. The smallest absolute Gasteiger partial charge is 0.303 e. The lowest BCUT2D eigenvalue weighted by Crippen LogP contribution is -2.35. The second-order valence-electron chi connectivity index (χ2n) is 4.96. The fourth-order valence-electron chi connectivity index (χ4n) is 1.86. The molecule has 1 atom stereocenters. The average molecular weight is 267 g/mol. The zero-order chi connectivity index (χ0) is 14.4. The average Bonchev–Trinajstić information content (AvgIpc) is 2.73. The van der Waals surface area contributed by atoms with Crippen LogP contribution in [0.4, 0.5) is 0 Å². The molecule has 1 rings (SSSR count). The van der Waals surface area contributed by atoms with E-state index in [0.29, 0.717) is 12.8 Å². The SMILES string of the molecule is CC(=O)NC(CCC(=O)O)Cc1cnn(C(C)C)c1. The van der Waals surface area contributed by atoms with Gasteiger partial charge in [0, 0.05) is 31.6 Å². The van der Waals surface area contributed by atoms with Gasteiger partial charge in [0.1, 0.15) is 0 Å². The summed E-state index contributed by atoms with van der Waals surface area (Å²) in [5, 5.41) is 15.7. The van der Waals surface area contributed by atoms with Crippen molar-refractivity contribution >= 4 is 11.9 Å². The highest BCUT2D eigenvalue weighted by Gasteiger charge is 2.14. The Bertz CT molecular complexity index is 440. The van der Waals surface area contributed by atoms with Gasteiger partial charge in [-0.2, -0.15) is 5.10 Å². The topological polar surface area (TPSA) is 84.2 Å². The van der Waals surface area contributed by atoms with Gasteiger partial charge in [-0.05, 0) is 32.3 Å². The first-order valence-corrected chi connectivity index (χ1v) is 6.40. The summed E-state index contributed by atoms with van der Waals surface area (Å²) in [6.45, 7) is 5.50. The maximum absolute atomic E-state index is 11.1. The van der Waals surface area contributed by atoms with Gasteiger partial charge in [-0.1, -0.05) is 0 Å². The Morgan fingerprint density at radius 3 is 2.63 bits per heavy atom. The molecule has 6 nitrogen and oxygen atoms in total. The number of hydrogen-bond donors (Lipinski definition) is 2. The van der Waals surface area contributed by atoms with E-state index in [9.17, 15) is 9.59 Å². The normalized spacial score (nSPS) is 12.4. The maximum Gasteiger partial charge on any atom is 0.303 e. The fourth-order valence-corrected chi connectivity index (χ4v) is 1.86. The molecule has 0 aliphatic rings. The highest BCUT2D eigenvalue weighted by Crippen LogP contribution is 2.10. The number of amides is 1. The number of aliphatic carboxylic acids is 1. The van der Waals surface area contributed by atoms with E-state index < -0.39 is 5.97 Å². The number of carboxylic acid groups (broad SMARTS) is 1. The largest absolute Gasteiger partial charge is 0.481 e. The van der Waals surface area contributed by atoms with Crippen LogP contribution in [-0.4, -0.2) is 32.8 Å². The Hall–Kier alpha value is -1.85. The monoisotopic (exact) mass is 267 g/mol. The molecule has 1 amide bonds. The first-order valence-electron chi connectivity index (χ1n) is 6.40. The fraction of sp³-hybridized carbons (Fsp3) is 0.615. The first kappa shape index (κ1) is 15.2. The third-order valence-electron chi connectivity index (χ3n) is 2.78. The second kappa shape index (κ2) is 6.92. The highest BCUT2D eigenvalue weighted by molar-refractivity contribution is 5.73. The molecule has 1 heterocycles. The zero-order valence-electron chi connectivity index (χ0n) is 11.6. The summed E-state index contributed by atoms with van der Waals surface area (Å²) in [4.78, 5) is 21.7. The Morgan fingerprint density at radius 2 is 2.16 bits per heavy atom. The predicted octanol–water partition coefficient (Wildman–Crippen LogP) is 1.38.